The molecule has 3 N–H and O–H groups in total. The maximum Gasteiger partial charge on any atom is 0.222 e. The first-order valence-electron chi connectivity index (χ1n) is 6.55. The highest BCUT2D eigenvalue weighted by Crippen LogP contribution is 2.06. The number of nitrogens with one attached hydrogen (secondary N) is 1. The molecule has 0 fully saturated rings. The van der Waals surface area contributed by atoms with Gasteiger partial charge in [-0.05, 0) is 31.7 Å². The lowest BCUT2D eigenvalue weighted by Gasteiger charge is -2.11. The first kappa shape index (κ1) is 15.4. The largest absolute Gasteiger partial charge is 0.356 e. The normalized spacial score (nSPS) is 12.8. The van der Waals surface area contributed by atoms with Gasteiger partial charge in [0.05, 0.1) is 0 Å². The molecule has 0 aliphatic rings. The molecule has 96 valence electrons. The lowest BCUT2D eigenvalue weighted by Crippen LogP contribution is -2.30. The van der Waals surface area contributed by atoms with Crippen LogP contribution >= 0.6 is 0 Å². The Morgan fingerprint density at radius 2 is 1.81 bits per heavy atom. The second-order valence-electron chi connectivity index (χ2n) is 5.01. The van der Waals surface area contributed by atoms with Gasteiger partial charge in [0.25, 0.3) is 0 Å². The molecule has 0 bridgehead atoms. The summed E-state index contributed by atoms with van der Waals surface area (Å²) in [6.07, 6.45) is 5.37. The second-order valence-corrected chi connectivity index (χ2v) is 5.01. The molecular weight excluding hydrogens is 200 g/mol. The lowest BCUT2D eigenvalue weighted by atomic mass is 10.0. The fourth-order valence-corrected chi connectivity index (χ4v) is 1.62. The van der Waals surface area contributed by atoms with Crippen LogP contribution in [0.5, 0.6) is 0 Å². The van der Waals surface area contributed by atoms with E-state index >= 15 is 0 Å². The highest BCUT2D eigenvalue weighted by Gasteiger charge is 2.10. The van der Waals surface area contributed by atoms with Gasteiger partial charge in [-0.25, -0.2) is 0 Å². The first-order valence-corrected chi connectivity index (χ1v) is 6.55. The van der Waals surface area contributed by atoms with E-state index in [1.54, 1.807) is 0 Å². The molecule has 0 saturated carbocycles. The van der Waals surface area contributed by atoms with E-state index in [9.17, 15) is 4.79 Å². The van der Waals surface area contributed by atoms with Gasteiger partial charge >= 0.3 is 0 Å². The van der Waals surface area contributed by atoms with Gasteiger partial charge < -0.3 is 11.1 Å². The van der Waals surface area contributed by atoms with Crippen molar-refractivity contribution in [1.29, 1.82) is 0 Å². The Hall–Kier alpha value is -0.570. The fourth-order valence-electron chi connectivity index (χ4n) is 1.62. The molecule has 0 spiro atoms. The van der Waals surface area contributed by atoms with Crippen molar-refractivity contribution < 1.29 is 4.79 Å². The van der Waals surface area contributed by atoms with Gasteiger partial charge in [0.2, 0.25) is 5.91 Å². The van der Waals surface area contributed by atoms with Crippen LogP contribution in [0.4, 0.5) is 0 Å². The summed E-state index contributed by atoms with van der Waals surface area (Å²) in [5.74, 6) is 1.05. The van der Waals surface area contributed by atoms with E-state index in [1.807, 2.05) is 6.92 Å². The quantitative estimate of drug-likeness (QED) is 0.595. The summed E-state index contributed by atoms with van der Waals surface area (Å²) in [6, 6.07) is 0. The van der Waals surface area contributed by atoms with Crippen LogP contribution < -0.4 is 11.1 Å². The highest BCUT2D eigenvalue weighted by atomic mass is 16.1. The van der Waals surface area contributed by atoms with E-state index < -0.39 is 0 Å². The fraction of sp³-hybridized carbons (Fsp3) is 0.923. The third kappa shape index (κ3) is 8.72. The van der Waals surface area contributed by atoms with E-state index in [0.717, 1.165) is 31.7 Å². The molecule has 0 aromatic heterocycles. The molecule has 0 aliphatic heterocycles. The second kappa shape index (κ2) is 9.64. The Balaban J connectivity index is 3.42. The van der Waals surface area contributed by atoms with Crippen molar-refractivity contribution in [2.45, 2.75) is 52.9 Å². The number of hydrogen-bond donors (Lipinski definition) is 2. The van der Waals surface area contributed by atoms with Crippen LogP contribution in [0, 0.1) is 11.8 Å². The van der Waals surface area contributed by atoms with E-state index in [4.69, 9.17) is 5.73 Å². The Morgan fingerprint density at radius 3 is 2.38 bits per heavy atom. The molecule has 0 rings (SSSR count). The van der Waals surface area contributed by atoms with Gasteiger partial charge in [0, 0.05) is 12.5 Å². The van der Waals surface area contributed by atoms with Crippen LogP contribution in [-0.4, -0.2) is 19.0 Å². The molecule has 0 aliphatic carbocycles. The third-order valence-electron chi connectivity index (χ3n) is 2.80. The number of carbonyl (C=O) groups is 1. The molecule has 1 amide bonds. The summed E-state index contributed by atoms with van der Waals surface area (Å²) >= 11 is 0. The summed E-state index contributed by atoms with van der Waals surface area (Å²) in [7, 11) is 0. The van der Waals surface area contributed by atoms with Crippen LogP contribution in [0.1, 0.15) is 52.9 Å². The van der Waals surface area contributed by atoms with Crippen molar-refractivity contribution in [2.24, 2.45) is 17.6 Å². The van der Waals surface area contributed by atoms with Gasteiger partial charge in [-0.2, -0.15) is 0 Å². The predicted octanol–water partition coefficient (Wildman–Crippen LogP) is 2.30. The molecule has 0 saturated heterocycles. The van der Waals surface area contributed by atoms with Gasteiger partial charge in [0.1, 0.15) is 0 Å². The SMILES string of the molecule is CC(C)CCCCNC(=O)C(C)CCCN. The van der Waals surface area contributed by atoms with Crippen molar-refractivity contribution >= 4 is 5.91 Å². The molecule has 0 aromatic carbocycles. The number of hydrogen-bond acceptors (Lipinski definition) is 2. The van der Waals surface area contributed by atoms with Crippen molar-refractivity contribution in [2.75, 3.05) is 13.1 Å². The minimum absolute atomic E-state index is 0.105. The molecule has 1 atom stereocenters. The van der Waals surface area contributed by atoms with Crippen molar-refractivity contribution in [1.82, 2.24) is 5.32 Å². The van der Waals surface area contributed by atoms with Crippen LogP contribution in [0.2, 0.25) is 0 Å². The zero-order valence-electron chi connectivity index (χ0n) is 11.1. The summed E-state index contributed by atoms with van der Waals surface area (Å²) in [6.45, 7) is 7.92. The van der Waals surface area contributed by atoms with Crippen molar-refractivity contribution in [3.05, 3.63) is 0 Å². The molecule has 0 aromatic rings. The standard InChI is InChI=1S/C13H28N2O/c1-11(2)7-4-5-10-15-13(16)12(3)8-6-9-14/h11-12H,4-10,14H2,1-3H3,(H,15,16). The zero-order valence-corrected chi connectivity index (χ0v) is 11.1. The predicted molar refractivity (Wildman–Crippen MR) is 69.2 cm³/mol. The van der Waals surface area contributed by atoms with Crippen LogP contribution in [-0.2, 0) is 4.79 Å². The molecule has 3 nitrogen and oxygen atoms in total. The van der Waals surface area contributed by atoms with Gasteiger partial charge in [0.15, 0.2) is 0 Å². The molecular formula is C13H28N2O. The van der Waals surface area contributed by atoms with E-state index in [2.05, 4.69) is 19.2 Å². The summed E-state index contributed by atoms with van der Waals surface area (Å²) in [4.78, 5) is 11.6. The van der Waals surface area contributed by atoms with Crippen molar-refractivity contribution in [3.63, 3.8) is 0 Å². The van der Waals surface area contributed by atoms with Gasteiger partial charge in [-0.3, -0.25) is 4.79 Å². The van der Waals surface area contributed by atoms with Crippen LogP contribution in [0.25, 0.3) is 0 Å². The number of unbranched alkanes of at least 4 members (excludes halogenated alkanes) is 1. The van der Waals surface area contributed by atoms with Crippen LogP contribution in [0.3, 0.4) is 0 Å². The smallest absolute Gasteiger partial charge is 0.222 e. The maximum absolute atomic E-state index is 11.6. The molecule has 0 heterocycles. The van der Waals surface area contributed by atoms with Crippen LogP contribution in [0.15, 0.2) is 0 Å². The molecule has 1 unspecified atom stereocenters. The molecule has 0 radical (unpaired) electrons. The first-order chi connectivity index (χ1) is 7.57. The summed E-state index contributed by atoms with van der Waals surface area (Å²) in [5, 5.41) is 2.99. The minimum Gasteiger partial charge on any atom is -0.356 e. The highest BCUT2D eigenvalue weighted by molar-refractivity contribution is 5.78. The molecule has 3 heteroatoms. The van der Waals surface area contributed by atoms with Gasteiger partial charge in [-0.1, -0.05) is 33.6 Å². The third-order valence-corrected chi connectivity index (χ3v) is 2.80. The Bertz CT molecular complexity index is 181. The lowest BCUT2D eigenvalue weighted by molar-refractivity contribution is -0.124. The average molecular weight is 228 g/mol. The number of carbonyl (C=O) groups excluding carboxylic acids is 1. The number of nitrogens with two attached hydrogens (primary N) is 1. The monoisotopic (exact) mass is 228 g/mol. The Labute approximate surface area is 100 Å². The number of amides is 1. The maximum atomic E-state index is 11.6. The summed E-state index contributed by atoms with van der Waals surface area (Å²) < 4.78 is 0. The minimum atomic E-state index is 0.105. The Kier molecular flexibility index (Phi) is 9.30. The van der Waals surface area contributed by atoms with E-state index in [0.29, 0.717) is 6.54 Å². The zero-order chi connectivity index (χ0) is 12.4. The average Bonchev–Trinajstić information content (AvgIpc) is 2.24. The van der Waals surface area contributed by atoms with E-state index in [-0.39, 0.29) is 11.8 Å². The van der Waals surface area contributed by atoms with Crippen molar-refractivity contribution in [3.8, 4) is 0 Å². The topological polar surface area (TPSA) is 55.1 Å². The summed E-state index contributed by atoms with van der Waals surface area (Å²) in [5.41, 5.74) is 5.41. The van der Waals surface area contributed by atoms with E-state index in [1.165, 1.54) is 12.8 Å². The number of rotatable bonds is 9. The van der Waals surface area contributed by atoms with Gasteiger partial charge in [-0.15, -0.1) is 0 Å². The molecule has 16 heavy (non-hydrogen) atoms. The Morgan fingerprint density at radius 1 is 1.12 bits per heavy atom.